The average molecular weight is 325 g/mol. The molecule has 2 aliphatic heterocycles. The van der Waals surface area contributed by atoms with Crippen molar-refractivity contribution in [1.29, 1.82) is 0 Å². The molecule has 2 aliphatic rings. The Kier molecular flexibility index (Phi) is 4.30. The normalized spacial score (nSPS) is 26.7. The van der Waals surface area contributed by atoms with Crippen molar-refractivity contribution in [1.82, 2.24) is 4.98 Å². The number of aromatic nitrogens is 1. The number of carbonyl (C=O) groups is 1. The molecule has 7 nitrogen and oxygen atoms in total. The van der Waals surface area contributed by atoms with Gasteiger partial charge in [0.2, 0.25) is 0 Å². The topological polar surface area (TPSA) is 97.4 Å². The van der Waals surface area contributed by atoms with Crippen LogP contribution >= 0.6 is 0 Å². The molecule has 3 heterocycles. The summed E-state index contributed by atoms with van der Waals surface area (Å²) < 4.78 is 28.1. The second-order valence-electron chi connectivity index (χ2n) is 5.67. The van der Waals surface area contributed by atoms with E-state index in [2.05, 4.69) is 15.6 Å². The van der Waals surface area contributed by atoms with Crippen LogP contribution in [-0.4, -0.2) is 49.6 Å². The second kappa shape index (κ2) is 6.21. The fourth-order valence-electron chi connectivity index (χ4n) is 2.68. The zero-order valence-electron chi connectivity index (χ0n) is 12.1. The summed E-state index contributed by atoms with van der Waals surface area (Å²) >= 11 is 0. The number of anilines is 2. The number of pyridine rings is 1. The van der Waals surface area contributed by atoms with Crippen LogP contribution in [0.1, 0.15) is 19.3 Å². The summed E-state index contributed by atoms with van der Waals surface area (Å²) in [5.41, 5.74) is 0.602. The average Bonchev–Trinajstić information content (AvgIpc) is 3.11. The van der Waals surface area contributed by atoms with Gasteiger partial charge in [-0.2, -0.15) is 0 Å². The predicted molar refractivity (Wildman–Crippen MR) is 82.5 cm³/mol. The fourth-order valence-corrected chi connectivity index (χ4v) is 4.35. The van der Waals surface area contributed by atoms with Crippen LogP contribution in [0, 0.1) is 0 Å². The Morgan fingerprint density at radius 2 is 2.18 bits per heavy atom. The first kappa shape index (κ1) is 15.2. The maximum absolute atomic E-state index is 11.9. The summed E-state index contributed by atoms with van der Waals surface area (Å²) in [7, 11) is -2.91. The van der Waals surface area contributed by atoms with E-state index in [0.29, 0.717) is 24.5 Å². The zero-order valence-corrected chi connectivity index (χ0v) is 12.9. The summed E-state index contributed by atoms with van der Waals surface area (Å²) in [6.07, 6.45) is 3.43. The fraction of sp³-hybridized carbons (Fsp3) is 0.571. The Morgan fingerprint density at radius 1 is 1.32 bits per heavy atom. The zero-order chi connectivity index (χ0) is 15.6. The maximum Gasteiger partial charge on any atom is 0.253 e. The van der Waals surface area contributed by atoms with Gasteiger partial charge in [-0.15, -0.1) is 0 Å². The molecule has 2 saturated heterocycles. The van der Waals surface area contributed by atoms with E-state index in [-0.39, 0.29) is 29.6 Å². The van der Waals surface area contributed by atoms with Crippen LogP contribution in [0.4, 0.5) is 11.5 Å². The van der Waals surface area contributed by atoms with Crippen molar-refractivity contribution in [3.8, 4) is 0 Å². The molecule has 0 spiro atoms. The smallest absolute Gasteiger partial charge is 0.253 e. The molecule has 1 amide bonds. The van der Waals surface area contributed by atoms with Crippen molar-refractivity contribution in [2.45, 2.75) is 31.4 Å². The van der Waals surface area contributed by atoms with Gasteiger partial charge in [-0.25, -0.2) is 13.4 Å². The lowest BCUT2D eigenvalue weighted by Crippen LogP contribution is -2.27. The molecule has 120 valence electrons. The second-order valence-corrected chi connectivity index (χ2v) is 7.90. The van der Waals surface area contributed by atoms with Crippen LogP contribution in [0.2, 0.25) is 0 Å². The molecule has 0 radical (unpaired) electrons. The van der Waals surface area contributed by atoms with Crippen LogP contribution in [0.25, 0.3) is 0 Å². The number of carbonyl (C=O) groups excluding carboxylic acids is 1. The lowest BCUT2D eigenvalue weighted by molar-refractivity contribution is -0.124. The molecule has 22 heavy (non-hydrogen) atoms. The van der Waals surface area contributed by atoms with E-state index < -0.39 is 9.84 Å². The number of ether oxygens (including phenoxy) is 1. The number of amides is 1. The number of nitrogens with one attached hydrogen (secondary N) is 2. The lowest BCUT2D eigenvalue weighted by Gasteiger charge is -2.13. The van der Waals surface area contributed by atoms with Gasteiger partial charge in [0.15, 0.2) is 9.84 Å². The van der Waals surface area contributed by atoms with Crippen molar-refractivity contribution in [3.05, 3.63) is 18.3 Å². The summed E-state index contributed by atoms with van der Waals surface area (Å²) in [5.74, 6) is 0.825. The van der Waals surface area contributed by atoms with Gasteiger partial charge in [-0.1, -0.05) is 0 Å². The monoisotopic (exact) mass is 325 g/mol. The highest BCUT2D eigenvalue weighted by Gasteiger charge is 2.28. The number of sulfone groups is 1. The molecule has 1 aromatic heterocycles. The third kappa shape index (κ3) is 3.75. The third-order valence-corrected chi connectivity index (χ3v) is 5.61. The van der Waals surface area contributed by atoms with Crippen LogP contribution in [0.3, 0.4) is 0 Å². The Labute approximate surface area is 129 Å². The van der Waals surface area contributed by atoms with Gasteiger partial charge in [-0.05, 0) is 31.4 Å². The van der Waals surface area contributed by atoms with Crippen molar-refractivity contribution in [2.75, 3.05) is 28.7 Å². The molecule has 0 aliphatic carbocycles. The number of rotatable bonds is 4. The molecule has 2 unspecified atom stereocenters. The van der Waals surface area contributed by atoms with Gasteiger partial charge in [0.05, 0.1) is 23.4 Å². The van der Waals surface area contributed by atoms with Crippen molar-refractivity contribution >= 4 is 27.2 Å². The highest BCUT2D eigenvalue weighted by Crippen LogP contribution is 2.18. The quantitative estimate of drug-likeness (QED) is 0.850. The number of nitrogens with zero attached hydrogens (tertiary/aromatic N) is 1. The highest BCUT2D eigenvalue weighted by molar-refractivity contribution is 7.91. The Bertz CT molecular complexity index is 639. The molecule has 0 bridgehead atoms. The largest absolute Gasteiger partial charge is 0.368 e. The van der Waals surface area contributed by atoms with Gasteiger partial charge >= 0.3 is 0 Å². The highest BCUT2D eigenvalue weighted by atomic mass is 32.2. The summed E-state index contributed by atoms with van der Waals surface area (Å²) in [5, 5.41) is 5.87. The first-order chi connectivity index (χ1) is 10.5. The van der Waals surface area contributed by atoms with Crippen LogP contribution < -0.4 is 10.6 Å². The van der Waals surface area contributed by atoms with E-state index in [1.165, 1.54) is 0 Å². The van der Waals surface area contributed by atoms with Crippen molar-refractivity contribution in [3.63, 3.8) is 0 Å². The number of hydrogen-bond donors (Lipinski definition) is 2. The van der Waals surface area contributed by atoms with Crippen LogP contribution in [0.15, 0.2) is 18.3 Å². The summed E-state index contributed by atoms with van der Waals surface area (Å²) in [6, 6.07) is 3.38. The molecule has 2 fully saturated rings. The lowest BCUT2D eigenvalue weighted by atomic mass is 10.2. The van der Waals surface area contributed by atoms with Crippen molar-refractivity contribution in [2.24, 2.45) is 0 Å². The first-order valence-corrected chi connectivity index (χ1v) is 9.19. The van der Waals surface area contributed by atoms with Crippen molar-refractivity contribution < 1.29 is 17.9 Å². The van der Waals surface area contributed by atoms with E-state index in [9.17, 15) is 13.2 Å². The molecule has 3 rings (SSSR count). The summed E-state index contributed by atoms with van der Waals surface area (Å²) in [6.45, 7) is 0.628. The van der Waals surface area contributed by atoms with Gasteiger partial charge < -0.3 is 15.4 Å². The molecule has 2 atom stereocenters. The number of hydrogen-bond acceptors (Lipinski definition) is 6. The van der Waals surface area contributed by atoms with E-state index in [0.717, 1.165) is 12.8 Å². The van der Waals surface area contributed by atoms with Gasteiger partial charge in [0.25, 0.3) is 5.91 Å². The molecular weight excluding hydrogens is 306 g/mol. The van der Waals surface area contributed by atoms with Gasteiger partial charge in [-0.3, -0.25) is 4.79 Å². The Hall–Kier alpha value is -1.67. The molecule has 8 heteroatoms. The molecule has 2 N–H and O–H groups in total. The van der Waals surface area contributed by atoms with E-state index >= 15 is 0 Å². The Balaban J connectivity index is 1.55. The molecule has 0 aromatic carbocycles. The van der Waals surface area contributed by atoms with Crippen LogP contribution in [0.5, 0.6) is 0 Å². The maximum atomic E-state index is 11.9. The SMILES string of the molecule is O=C(Nc1ccc(NC2CCS(=O)(=O)C2)nc1)C1CCCO1. The van der Waals surface area contributed by atoms with E-state index in [1.807, 2.05) is 0 Å². The summed E-state index contributed by atoms with van der Waals surface area (Å²) in [4.78, 5) is 16.1. The van der Waals surface area contributed by atoms with Gasteiger partial charge in [0.1, 0.15) is 11.9 Å². The first-order valence-electron chi connectivity index (χ1n) is 7.37. The van der Waals surface area contributed by atoms with Crippen LogP contribution in [-0.2, 0) is 19.4 Å². The minimum atomic E-state index is -2.91. The minimum Gasteiger partial charge on any atom is -0.368 e. The molecular formula is C14H19N3O4S. The molecule has 1 aromatic rings. The van der Waals surface area contributed by atoms with E-state index in [4.69, 9.17) is 4.74 Å². The Morgan fingerprint density at radius 3 is 2.77 bits per heavy atom. The van der Waals surface area contributed by atoms with E-state index in [1.54, 1.807) is 18.3 Å². The third-order valence-electron chi connectivity index (χ3n) is 3.84. The minimum absolute atomic E-state index is 0.0928. The predicted octanol–water partition coefficient (Wildman–Crippen LogP) is 0.798. The standard InChI is InChI=1S/C14H19N3O4S/c18-14(12-2-1-6-21-12)17-10-3-4-13(15-8-10)16-11-5-7-22(19,20)9-11/h3-4,8,11-12H,1-2,5-7,9H2,(H,15,16)(H,17,18). The van der Waals surface area contributed by atoms with Gasteiger partial charge in [0, 0.05) is 12.6 Å². The molecule has 0 saturated carbocycles.